The molecule has 0 saturated carbocycles. The molecule has 1 unspecified atom stereocenters. The van der Waals surface area contributed by atoms with Gasteiger partial charge in [-0.3, -0.25) is 10.1 Å². The molecule has 1 heterocycles. The molecule has 0 aliphatic carbocycles. The van der Waals surface area contributed by atoms with E-state index in [0.29, 0.717) is 0 Å². The molecule has 1 aromatic carbocycles. The minimum absolute atomic E-state index is 0.0348. The minimum Gasteiger partial charge on any atom is -0.449 e. The zero-order valence-electron chi connectivity index (χ0n) is 13.7. The van der Waals surface area contributed by atoms with Gasteiger partial charge in [0.2, 0.25) is 0 Å². The second kappa shape index (κ2) is 9.17. The number of carbonyl (C=O) groups excluding carboxylic acids is 3. The molecule has 0 bridgehead atoms. The van der Waals surface area contributed by atoms with E-state index in [1.807, 2.05) is 30.3 Å². The number of halogens is 2. The number of aromatic nitrogens is 1. The Morgan fingerprint density at radius 1 is 1.19 bits per heavy atom. The first-order valence-electron chi connectivity index (χ1n) is 7.51. The van der Waals surface area contributed by atoms with Crippen molar-refractivity contribution in [3.05, 3.63) is 63.9 Å². The summed E-state index contributed by atoms with van der Waals surface area (Å²) in [6.07, 6.45) is -0.0206. The summed E-state index contributed by atoms with van der Waals surface area (Å²) in [5.74, 6) is -1.58. The van der Waals surface area contributed by atoms with E-state index in [-0.39, 0.29) is 22.3 Å². The number of pyridine rings is 1. The van der Waals surface area contributed by atoms with Gasteiger partial charge < -0.3 is 10.1 Å². The maximum atomic E-state index is 12.0. The minimum atomic E-state index is -1.19. The number of nitrogens with zero attached hydrogens (tertiary/aromatic N) is 1. The van der Waals surface area contributed by atoms with E-state index >= 15 is 0 Å². The normalized spacial score (nSPS) is 11.3. The lowest BCUT2D eigenvalue weighted by Crippen LogP contribution is -2.44. The van der Waals surface area contributed by atoms with Crippen LogP contribution in [0.15, 0.2) is 42.6 Å². The van der Waals surface area contributed by atoms with Gasteiger partial charge in [0.05, 0.1) is 10.6 Å². The first-order valence-corrected chi connectivity index (χ1v) is 8.27. The second-order valence-electron chi connectivity index (χ2n) is 5.20. The first-order chi connectivity index (χ1) is 12.4. The van der Waals surface area contributed by atoms with Crippen LogP contribution < -0.4 is 10.6 Å². The highest BCUT2D eigenvalue weighted by Crippen LogP contribution is 2.20. The molecule has 26 heavy (non-hydrogen) atoms. The van der Waals surface area contributed by atoms with Crippen LogP contribution in [0.5, 0.6) is 0 Å². The van der Waals surface area contributed by atoms with Crippen LogP contribution in [0.2, 0.25) is 10.2 Å². The van der Waals surface area contributed by atoms with Crippen molar-refractivity contribution in [1.82, 2.24) is 15.6 Å². The van der Waals surface area contributed by atoms with Gasteiger partial charge in [-0.2, -0.15) is 0 Å². The molecule has 0 fully saturated rings. The summed E-state index contributed by atoms with van der Waals surface area (Å²) < 4.78 is 4.98. The topological polar surface area (TPSA) is 97.4 Å². The quantitative estimate of drug-likeness (QED) is 0.598. The fourth-order valence-electron chi connectivity index (χ4n) is 1.85. The first kappa shape index (κ1) is 19.7. The van der Waals surface area contributed by atoms with Crippen LogP contribution in [-0.2, 0) is 16.1 Å². The largest absolute Gasteiger partial charge is 0.449 e. The number of amides is 3. The molecule has 0 radical (unpaired) electrons. The fourth-order valence-corrected chi connectivity index (χ4v) is 2.12. The highest BCUT2D eigenvalue weighted by Gasteiger charge is 2.21. The molecule has 0 saturated heterocycles. The van der Waals surface area contributed by atoms with Gasteiger partial charge in [-0.15, -0.1) is 0 Å². The van der Waals surface area contributed by atoms with Crippen LogP contribution in [0.25, 0.3) is 0 Å². The van der Waals surface area contributed by atoms with Gasteiger partial charge >= 0.3 is 12.0 Å². The monoisotopic (exact) mass is 395 g/mol. The molecule has 7 nitrogen and oxygen atoms in total. The molecule has 136 valence electrons. The van der Waals surface area contributed by atoms with Gasteiger partial charge in [-0.05, 0) is 18.6 Å². The molecule has 1 atom stereocenters. The maximum absolute atomic E-state index is 12.0. The van der Waals surface area contributed by atoms with Crippen LogP contribution in [0, 0.1) is 0 Å². The summed E-state index contributed by atoms with van der Waals surface area (Å²) in [6, 6.07) is 9.76. The third-order valence-corrected chi connectivity index (χ3v) is 3.90. The van der Waals surface area contributed by atoms with E-state index in [2.05, 4.69) is 15.6 Å². The smallest absolute Gasteiger partial charge is 0.340 e. The second-order valence-corrected chi connectivity index (χ2v) is 5.97. The van der Waals surface area contributed by atoms with Crippen molar-refractivity contribution in [2.75, 3.05) is 0 Å². The van der Waals surface area contributed by atoms with Gasteiger partial charge in [0.15, 0.2) is 6.10 Å². The van der Waals surface area contributed by atoms with Gasteiger partial charge in [0.25, 0.3) is 5.91 Å². The van der Waals surface area contributed by atoms with Crippen molar-refractivity contribution < 1.29 is 19.1 Å². The van der Waals surface area contributed by atoms with Crippen LogP contribution in [0.3, 0.4) is 0 Å². The Hall–Kier alpha value is -2.64. The standard InChI is InChI=1S/C17H15Cl2N3O4/c1-10(26-16(24)12-7-13(18)14(19)20-9-12)15(23)22-17(25)21-8-11-5-3-2-4-6-11/h2-7,9-10H,8H2,1H3,(H2,21,22,23,25). The zero-order chi connectivity index (χ0) is 19.1. The molecule has 2 rings (SSSR count). The summed E-state index contributed by atoms with van der Waals surface area (Å²) in [5, 5.41) is 4.76. The number of benzene rings is 1. The molecular formula is C17H15Cl2N3O4. The molecule has 1 aromatic heterocycles. The highest BCUT2D eigenvalue weighted by atomic mass is 35.5. The lowest BCUT2D eigenvalue weighted by atomic mass is 10.2. The average Bonchev–Trinajstić information content (AvgIpc) is 2.63. The predicted octanol–water partition coefficient (Wildman–Crippen LogP) is 2.96. The molecule has 9 heteroatoms. The highest BCUT2D eigenvalue weighted by molar-refractivity contribution is 6.41. The van der Waals surface area contributed by atoms with Gasteiger partial charge in [-0.1, -0.05) is 53.5 Å². The Balaban J connectivity index is 1.83. The summed E-state index contributed by atoms with van der Waals surface area (Å²) in [5.41, 5.74) is 0.911. The van der Waals surface area contributed by atoms with Crippen molar-refractivity contribution in [3.63, 3.8) is 0 Å². The predicted molar refractivity (Wildman–Crippen MR) is 96.0 cm³/mol. The Morgan fingerprint density at radius 2 is 1.88 bits per heavy atom. The Bertz CT molecular complexity index is 815. The van der Waals surface area contributed by atoms with Crippen LogP contribution >= 0.6 is 23.2 Å². The van der Waals surface area contributed by atoms with E-state index in [4.69, 9.17) is 27.9 Å². The SMILES string of the molecule is CC(OC(=O)c1cnc(Cl)c(Cl)c1)C(=O)NC(=O)NCc1ccccc1. The van der Waals surface area contributed by atoms with Crippen LogP contribution in [0.4, 0.5) is 4.79 Å². The number of imide groups is 1. The summed E-state index contributed by atoms with van der Waals surface area (Å²) in [4.78, 5) is 39.4. The maximum Gasteiger partial charge on any atom is 0.340 e. The van der Waals surface area contributed by atoms with Crippen molar-refractivity contribution in [3.8, 4) is 0 Å². The van der Waals surface area contributed by atoms with Crippen LogP contribution in [0.1, 0.15) is 22.8 Å². The number of carbonyl (C=O) groups is 3. The van der Waals surface area contributed by atoms with E-state index in [1.54, 1.807) is 0 Å². The molecule has 3 amide bonds. The van der Waals surface area contributed by atoms with E-state index < -0.39 is 24.0 Å². The van der Waals surface area contributed by atoms with E-state index in [1.165, 1.54) is 19.2 Å². The summed E-state index contributed by atoms with van der Waals surface area (Å²) >= 11 is 11.4. The molecule has 2 N–H and O–H groups in total. The number of esters is 1. The number of nitrogens with one attached hydrogen (secondary N) is 2. The number of hydrogen-bond acceptors (Lipinski definition) is 5. The van der Waals surface area contributed by atoms with Crippen molar-refractivity contribution in [1.29, 1.82) is 0 Å². The van der Waals surface area contributed by atoms with Gasteiger partial charge in [0.1, 0.15) is 5.15 Å². The van der Waals surface area contributed by atoms with Crippen molar-refractivity contribution in [2.45, 2.75) is 19.6 Å². The van der Waals surface area contributed by atoms with Gasteiger partial charge in [-0.25, -0.2) is 14.6 Å². The Kier molecular flexibility index (Phi) is 6.94. The number of urea groups is 1. The zero-order valence-corrected chi connectivity index (χ0v) is 15.2. The molecule has 0 aliphatic heterocycles. The molecule has 0 spiro atoms. The number of hydrogen-bond donors (Lipinski definition) is 2. The van der Waals surface area contributed by atoms with Gasteiger partial charge in [0, 0.05) is 12.7 Å². The Labute approximate surface area is 159 Å². The fraction of sp³-hybridized carbons (Fsp3) is 0.176. The van der Waals surface area contributed by atoms with Crippen LogP contribution in [-0.4, -0.2) is 29.0 Å². The molecule has 2 aromatic rings. The van der Waals surface area contributed by atoms with E-state index in [9.17, 15) is 14.4 Å². The lowest BCUT2D eigenvalue weighted by molar-refractivity contribution is -0.127. The van der Waals surface area contributed by atoms with E-state index in [0.717, 1.165) is 5.56 Å². The summed E-state index contributed by atoms with van der Waals surface area (Å²) in [6.45, 7) is 1.59. The third-order valence-electron chi connectivity index (χ3n) is 3.22. The molecular weight excluding hydrogens is 381 g/mol. The van der Waals surface area contributed by atoms with Crippen molar-refractivity contribution >= 4 is 41.1 Å². The number of rotatable bonds is 5. The van der Waals surface area contributed by atoms with Crippen molar-refractivity contribution in [2.24, 2.45) is 0 Å². The average molecular weight is 396 g/mol. The Morgan fingerprint density at radius 3 is 2.54 bits per heavy atom. The number of ether oxygens (including phenoxy) is 1. The third kappa shape index (κ3) is 5.72. The lowest BCUT2D eigenvalue weighted by Gasteiger charge is -2.13. The summed E-state index contributed by atoms with van der Waals surface area (Å²) in [7, 11) is 0. The molecule has 0 aliphatic rings.